The van der Waals surface area contributed by atoms with Crippen molar-refractivity contribution in [2.24, 2.45) is 0 Å². The smallest absolute Gasteiger partial charge is 0.143 e. The molecule has 0 aliphatic rings. The molecule has 2 nitrogen and oxygen atoms in total. The Labute approximate surface area is 392 Å². The van der Waals surface area contributed by atoms with E-state index in [1.807, 2.05) is 24.3 Å². The van der Waals surface area contributed by atoms with Gasteiger partial charge in [-0.05, 0) is 163 Å². The Bertz CT molecular complexity index is 4890. The minimum atomic E-state index is 0.349. The molecule has 0 saturated heterocycles. The summed E-state index contributed by atoms with van der Waals surface area (Å²) in [7, 11) is 0. The largest absolute Gasteiger partial charge is 0.456 e. The van der Waals surface area contributed by atoms with E-state index in [-0.39, 0.29) is 0 Å². The van der Waals surface area contributed by atoms with Crippen molar-refractivity contribution in [3.63, 3.8) is 0 Å². The van der Waals surface area contributed by atoms with Crippen LogP contribution in [0.5, 0.6) is 0 Å². The van der Waals surface area contributed by atoms with Crippen LogP contribution in [0.2, 0.25) is 0 Å². The van der Waals surface area contributed by atoms with Gasteiger partial charge in [-0.1, -0.05) is 170 Å². The Hall–Kier alpha value is -8.98. The van der Waals surface area contributed by atoms with Crippen LogP contribution in [0.3, 0.4) is 0 Å². The van der Waals surface area contributed by atoms with Gasteiger partial charge in [0.1, 0.15) is 22.3 Å². The third kappa shape index (κ3) is 4.96. The molecular weight excluding hydrogens is 825 g/mol. The number of rotatable bonds is 4. The summed E-state index contributed by atoms with van der Waals surface area (Å²) in [5.41, 5.74) is 9.60. The molecule has 0 atom stereocenters. The number of benzene rings is 14. The summed E-state index contributed by atoms with van der Waals surface area (Å²) in [5, 5.41) is 20.0. The van der Waals surface area contributed by atoms with E-state index in [1.165, 1.54) is 43.1 Å². The third-order valence-corrected chi connectivity index (χ3v) is 14.9. The lowest BCUT2D eigenvalue weighted by atomic mass is 9.81. The van der Waals surface area contributed by atoms with E-state index in [9.17, 15) is 2.74 Å². The molecule has 68 heavy (non-hydrogen) atoms. The summed E-state index contributed by atoms with van der Waals surface area (Å²) in [6.45, 7) is 0. The van der Waals surface area contributed by atoms with Crippen molar-refractivity contribution in [2.45, 2.75) is 0 Å². The zero-order valence-electron chi connectivity index (χ0n) is 38.4. The molecule has 0 bridgehead atoms. The van der Waals surface area contributed by atoms with Gasteiger partial charge in [0.2, 0.25) is 0 Å². The van der Waals surface area contributed by atoms with Crippen molar-refractivity contribution < 1.29 is 11.6 Å². The van der Waals surface area contributed by atoms with Crippen LogP contribution in [0.4, 0.5) is 0 Å². The second-order valence-electron chi connectivity index (χ2n) is 18.5. The van der Waals surface area contributed by atoms with Gasteiger partial charge in [0.05, 0.1) is 2.74 Å². The molecule has 0 aliphatic carbocycles. The molecule has 0 spiro atoms. The Morgan fingerprint density at radius 1 is 0.250 bits per heavy atom. The van der Waals surface area contributed by atoms with Crippen molar-refractivity contribution in [3.05, 3.63) is 218 Å². The number of furan rings is 2. The average molecular weight is 863 g/mol. The predicted molar refractivity (Wildman–Crippen MR) is 288 cm³/mol. The first-order valence-electron chi connectivity index (χ1n) is 24.3. The van der Waals surface area contributed by atoms with Crippen LogP contribution in [0.15, 0.2) is 227 Å². The molecule has 2 heterocycles. The monoisotopic (exact) mass is 862 g/mol. The maximum Gasteiger partial charge on any atom is 0.143 e. The van der Waals surface area contributed by atoms with Crippen molar-refractivity contribution in [2.75, 3.05) is 0 Å². The Kier molecular flexibility index (Phi) is 6.73. The van der Waals surface area contributed by atoms with Gasteiger partial charge in [0.15, 0.2) is 0 Å². The van der Waals surface area contributed by atoms with E-state index in [1.54, 1.807) is 0 Å². The first-order chi connectivity index (χ1) is 34.5. The fourth-order valence-electron chi connectivity index (χ4n) is 11.8. The van der Waals surface area contributed by atoms with E-state index in [4.69, 9.17) is 8.83 Å². The minimum Gasteiger partial charge on any atom is -0.456 e. The lowest BCUT2D eigenvalue weighted by Gasteiger charge is -2.22. The van der Waals surface area contributed by atoms with Crippen molar-refractivity contribution in [1.82, 2.24) is 0 Å². The molecule has 0 fully saturated rings. The number of para-hydroxylation sites is 1. The van der Waals surface area contributed by atoms with Gasteiger partial charge in [0, 0.05) is 26.9 Å². The fourth-order valence-corrected chi connectivity index (χ4v) is 11.8. The maximum atomic E-state index is 11.1. The minimum absolute atomic E-state index is 0.349. The Morgan fingerprint density at radius 3 is 1.29 bits per heavy atom. The molecule has 0 amide bonds. The van der Waals surface area contributed by atoms with Crippen LogP contribution in [-0.2, 0) is 0 Å². The second-order valence-corrected chi connectivity index (χ2v) is 18.5. The molecule has 2 aromatic heterocycles. The number of hydrogen-bond donors (Lipinski definition) is 0. The molecule has 2 heteroatoms. The Morgan fingerprint density at radius 2 is 0.676 bits per heavy atom. The van der Waals surface area contributed by atoms with Crippen LogP contribution in [0, 0.1) is 0 Å². The maximum absolute atomic E-state index is 11.1. The lowest BCUT2D eigenvalue weighted by molar-refractivity contribution is 0.669. The van der Waals surface area contributed by atoms with Crippen LogP contribution >= 0.6 is 0 Å². The zero-order valence-corrected chi connectivity index (χ0v) is 36.4. The summed E-state index contributed by atoms with van der Waals surface area (Å²) in [4.78, 5) is 0. The molecule has 16 rings (SSSR count). The highest BCUT2D eigenvalue weighted by molar-refractivity contribution is 6.28. The van der Waals surface area contributed by atoms with Crippen LogP contribution in [-0.4, -0.2) is 0 Å². The quantitative estimate of drug-likeness (QED) is 0.165. The highest BCUT2D eigenvalue weighted by Gasteiger charge is 2.23. The predicted octanol–water partition coefficient (Wildman–Crippen LogP) is 19.1. The molecule has 0 aliphatic heterocycles. The van der Waals surface area contributed by atoms with Gasteiger partial charge < -0.3 is 8.83 Å². The van der Waals surface area contributed by atoms with E-state index >= 15 is 0 Å². The van der Waals surface area contributed by atoms with Gasteiger partial charge in [0.25, 0.3) is 0 Å². The van der Waals surface area contributed by atoms with Crippen molar-refractivity contribution in [1.29, 1.82) is 0 Å². The van der Waals surface area contributed by atoms with Gasteiger partial charge in [-0.2, -0.15) is 0 Å². The van der Waals surface area contributed by atoms with E-state index in [2.05, 4.69) is 182 Å². The molecule has 14 aromatic carbocycles. The topological polar surface area (TPSA) is 26.3 Å². The second kappa shape index (κ2) is 13.3. The van der Waals surface area contributed by atoms with Crippen LogP contribution in [0.25, 0.3) is 164 Å². The number of hydrogen-bond acceptors (Lipinski definition) is 2. The highest BCUT2D eigenvalue weighted by Crippen LogP contribution is 2.50. The van der Waals surface area contributed by atoms with E-state index in [0.717, 1.165) is 110 Å². The first-order valence-corrected chi connectivity index (χ1v) is 23.3. The SMILES string of the molecule is [2H]c1c(-c2ccc3oc4ccccc4c3c2)c(-c2ccc3ccc4cccc5ccc2c3c45)c([2H])c(-c2ccc3ccc4cccc5ccc2c3c45)c1-c1ccc2oc3c4ccccc4ccc3c2c1. The van der Waals surface area contributed by atoms with E-state index in [0.29, 0.717) is 23.2 Å². The molecule has 0 radical (unpaired) electrons. The number of fused-ring (bicyclic) bond motifs is 8. The summed E-state index contributed by atoms with van der Waals surface area (Å²) < 4.78 is 35.1. The summed E-state index contributed by atoms with van der Waals surface area (Å²) in [5.74, 6) is 0. The van der Waals surface area contributed by atoms with Gasteiger partial charge in [-0.25, -0.2) is 0 Å². The molecular formula is C66H36O2. The average Bonchev–Trinajstić information content (AvgIpc) is 3.98. The summed E-state index contributed by atoms with van der Waals surface area (Å²) >= 11 is 0. The van der Waals surface area contributed by atoms with Gasteiger partial charge >= 0.3 is 0 Å². The Balaban J connectivity index is 1.09. The fraction of sp³-hybridized carbons (Fsp3) is 0. The first kappa shape index (κ1) is 34.4. The molecule has 0 unspecified atom stereocenters. The van der Waals surface area contributed by atoms with Gasteiger partial charge in [-0.3, -0.25) is 0 Å². The van der Waals surface area contributed by atoms with E-state index < -0.39 is 0 Å². The highest BCUT2D eigenvalue weighted by atomic mass is 16.3. The third-order valence-electron chi connectivity index (χ3n) is 14.9. The molecule has 16 aromatic rings. The molecule has 0 N–H and O–H groups in total. The van der Waals surface area contributed by atoms with Crippen molar-refractivity contribution >= 4 is 119 Å². The van der Waals surface area contributed by atoms with Crippen molar-refractivity contribution in [3.8, 4) is 44.5 Å². The normalized spacial score (nSPS) is 12.8. The summed E-state index contributed by atoms with van der Waals surface area (Å²) in [6, 6.07) is 73.6. The molecule has 0 saturated carbocycles. The molecule has 312 valence electrons. The van der Waals surface area contributed by atoms with Crippen LogP contribution in [0.1, 0.15) is 2.74 Å². The standard InChI is InChI=1S/C66H36O2/c1-2-12-46-37(7-1)19-30-52-58-34-45(25-32-61(58)68-66(46)52)54-35-53(44-24-31-60-57(33-44)49-13-3-4-14-59(49)67-60)55(47-26-20-42-17-15-38-8-5-10-40-22-28-50(47)64(42)62(38)40)36-56(54)48-27-21-43-18-16-39-9-6-11-41-23-29-51(48)65(43)63(39)41/h1-36H/i35D,36D. The zero-order chi connectivity index (χ0) is 45.9. The lowest BCUT2D eigenvalue weighted by Crippen LogP contribution is -1.95. The summed E-state index contributed by atoms with van der Waals surface area (Å²) in [6.07, 6.45) is 0. The van der Waals surface area contributed by atoms with Gasteiger partial charge in [-0.15, -0.1) is 0 Å². The van der Waals surface area contributed by atoms with Crippen LogP contribution < -0.4 is 0 Å².